The second kappa shape index (κ2) is 10.7. The SMILES string of the molecule is CCCCCC/C=C(/F)c1ccc(Oc2ccc(CCC)cc2)cc1. The lowest BCUT2D eigenvalue weighted by Gasteiger charge is -2.07. The molecule has 1 nitrogen and oxygen atoms in total. The van der Waals surface area contributed by atoms with Crippen LogP contribution in [0.2, 0.25) is 0 Å². The van der Waals surface area contributed by atoms with Crippen LogP contribution in [0.15, 0.2) is 54.6 Å². The molecule has 0 aromatic heterocycles. The van der Waals surface area contributed by atoms with Gasteiger partial charge in [-0.3, -0.25) is 0 Å². The van der Waals surface area contributed by atoms with Crippen LogP contribution >= 0.6 is 0 Å². The van der Waals surface area contributed by atoms with Gasteiger partial charge in [-0.05, 0) is 67.3 Å². The third-order valence-corrected chi connectivity index (χ3v) is 4.21. The number of hydrogen-bond donors (Lipinski definition) is 0. The Labute approximate surface area is 151 Å². The predicted molar refractivity (Wildman–Crippen MR) is 105 cm³/mol. The Kier molecular flexibility index (Phi) is 8.24. The first-order valence-corrected chi connectivity index (χ1v) is 9.45. The van der Waals surface area contributed by atoms with Crippen LogP contribution in [0.1, 0.15) is 63.5 Å². The summed E-state index contributed by atoms with van der Waals surface area (Å²) in [7, 11) is 0. The quantitative estimate of drug-likeness (QED) is 0.402. The van der Waals surface area contributed by atoms with Gasteiger partial charge in [0.15, 0.2) is 0 Å². The summed E-state index contributed by atoms with van der Waals surface area (Å²) in [5.74, 6) is 1.38. The molecule has 0 amide bonds. The van der Waals surface area contributed by atoms with E-state index in [4.69, 9.17) is 4.74 Å². The first-order chi connectivity index (χ1) is 12.2. The van der Waals surface area contributed by atoms with E-state index in [2.05, 4.69) is 26.0 Å². The fourth-order valence-electron chi connectivity index (χ4n) is 2.75. The standard InChI is InChI=1S/C23H29FO/c1-3-5-6-7-8-10-23(24)20-13-17-22(18-14-20)25-21-15-11-19(9-4-2)12-16-21/h10-18H,3-9H2,1-2H3/b23-10+. The van der Waals surface area contributed by atoms with Crippen LogP contribution in [0.4, 0.5) is 4.39 Å². The molecule has 0 atom stereocenters. The third kappa shape index (κ3) is 6.74. The van der Waals surface area contributed by atoms with E-state index in [-0.39, 0.29) is 5.83 Å². The highest BCUT2D eigenvalue weighted by atomic mass is 19.1. The molecule has 2 heteroatoms. The van der Waals surface area contributed by atoms with E-state index in [1.165, 1.54) is 24.8 Å². The Morgan fingerprint density at radius 3 is 2.08 bits per heavy atom. The first-order valence-electron chi connectivity index (χ1n) is 9.45. The van der Waals surface area contributed by atoms with Crippen LogP contribution in [0.3, 0.4) is 0 Å². The van der Waals surface area contributed by atoms with E-state index in [9.17, 15) is 4.39 Å². The molecule has 0 fully saturated rings. The van der Waals surface area contributed by atoms with Gasteiger partial charge >= 0.3 is 0 Å². The van der Waals surface area contributed by atoms with Crippen molar-refractivity contribution in [3.05, 3.63) is 65.7 Å². The van der Waals surface area contributed by atoms with E-state index in [0.717, 1.165) is 37.2 Å². The van der Waals surface area contributed by atoms with Crippen molar-refractivity contribution in [2.75, 3.05) is 0 Å². The summed E-state index contributed by atoms with van der Waals surface area (Å²) < 4.78 is 20.0. The van der Waals surface area contributed by atoms with Crippen molar-refractivity contribution in [2.45, 2.75) is 58.8 Å². The minimum atomic E-state index is -0.146. The zero-order valence-electron chi connectivity index (χ0n) is 15.4. The summed E-state index contributed by atoms with van der Waals surface area (Å²) in [6, 6.07) is 15.3. The molecule has 134 valence electrons. The molecule has 0 aliphatic carbocycles. The minimum absolute atomic E-state index is 0.146. The van der Waals surface area contributed by atoms with Gasteiger partial charge in [0, 0.05) is 5.56 Å². The number of unbranched alkanes of at least 4 members (excludes halogenated alkanes) is 4. The molecule has 0 unspecified atom stereocenters. The topological polar surface area (TPSA) is 9.23 Å². The van der Waals surface area contributed by atoms with Crippen molar-refractivity contribution < 1.29 is 9.13 Å². The molecule has 0 radical (unpaired) electrons. The Hall–Kier alpha value is -2.09. The van der Waals surface area contributed by atoms with Crippen LogP contribution in [-0.4, -0.2) is 0 Å². The highest BCUT2D eigenvalue weighted by Crippen LogP contribution is 2.25. The highest BCUT2D eigenvalue weighted by Gasteiger charge is 2.02. The second-order valence-electron chi connectivity index (χ2n) is 6.42. The largest absolute Gasteiger partial charge is 0.457 e. The second-order valence-corrected chi connectivity index (χ2v) is 6.42. The molecule has 0 N–H and O–H groups in total. The van der Waals surface area contributed by atoms with E-state index in [1.54, 1.807) is 18.2 Å². The number of allylic oxidation sites excluding steroid dienone is 1. The maximum Gasteiger partial charge on any atom is 0.127 e. The maximum absolute atomic E-state index is 14.1. The van der Waals surface area contributed by atoms with Crippen molar-refractivity contribution in [2.24, 2.45) is 0 Å². The van der Waals surface area contributed by atoms with Gasteiger partial charge in [0.25, 0.3) is 0 Å². The minimum Gasteiger partial charge on any atom is -0.457 e. The lowest BCUT2D eigenvalue weighted by Crippen LogP contribution is -1.87. The molecule has 2 aromatic carbocycles. The van der Waals surface area contributed by atoms with Crippen molar-refractivity contribution in [1.29, 1.82) is 0 Å². The number of hydrogen-bond acceptors (Lipinski definition) is 1. The van der Waals surface area contributed by atoms with Gasteiger partial charge in [-0.25, -0.2) is 4.39 Å². The third-order valence-electron chi connectivity index (χ3n) is 4.21. The monoisotopic (exact) mass is 340 g/mol. The van der Waals surface area contributed by atoms with Crippen molar-refractivity contribution in [3.63, 3.8) is 0 Å². The maximum atomic E-state index is 14.1. The molecule has 0 aliphatic rings. The molecular formula is C23H29FO. The molecule has 0 saturated heterocycles. The summed E-state index contributed by atoms with van der Waals surface area (Å²) in [5.41, 5.74) is 1.93. The van der Waals surface area contributed by atoms with Gasteiger partial charge in [-0.2, -0.15) is 0 Å². The zero-order chi connectivity index (χ0) is 17.9. The van der Waals surface area contributed by atoms with Crippen LogP contribution in [-0.2, 0) is 6.42 Å². The van der Waals surface area contributed by atoms with Gasteiger partial charge < -0.3 is 4.74 Å². The molecule has 0 heterocycles. The molecule has 2 aromatic rings. The molecule has 0 spiro atoms. The van der Waals surface area contributed by atoms with Crippen molar-refractivity contribution in [3.8, 4) is 11.5 Å². The fraction of sp³-hybridized carbons (Fsp3) is 0.391. The van der Waals surface area contributed by atoms with Crippen LogP contribution in [0, 0.1) is 0 Å². The molecule has 2 rings (SSSR count). The number of rotatable bonds is 10. The Bertz CT molecular complexity index is 641. The van der Waals surface area contributed by atoms with Gasteiger partial charge in [-0.1, -0.05) is 51.7 Å². The zero-order valence-corrected chi connectivity index (χ0v) is 15.4. The normalized spacial score (nSPS) is 11.6. The molecule has 25 heavy (non-hydrogen) atoms. The summed E-state index contributed by atoms with van der Waals surface area (Å²) >= 11 is 0. The predicted octanol–water partition coefficient (Wildman–Crippen LogP) is 7.71. The van der Waals surface area contributed by atoms with E-state index in [1.807, 2.05) is 24.3 Å². The van der Waals surface area contributed by atoms with E-state index < -0.39 is 0 Å². The van der Waals surface area contributed by atoms with E-state index in [0.29, 0.717) is 5.56 Å². The first kappa shape index (κ1) is 19.2. The van der Waals surface area contributed by atoms with Crippen molar-refractivity contribution in [1.82, 2.24) is 0 Å². The van der Waals surface area contributed by atoms with E-state index >= 15 is 0 Å². The summed E-state index contributed by atoms with van der Waals surface area (Å²) in [6.07, 6.45) is 9.36. The van der Waals surface area contributed by atoms with Crippen LogP contribution in [0.25, 0.3) is 5.83 Å². The van der Waals surface area contributed by atoms with Gasteiger partial charge in [0.2, 0.25) is 0 Å². The average molecular weight is 340 g/mol. The Balaban J connectivity index is 1.89. The summed E-state index contributed by atoms with van der Waals surface area (Å²) in [6.45, 7) is 4.35. The molecular weight excluding hydrogens is 311 g/mol. The molecule has 0 saturated carbocycles. The number of aryl methyl sites for hydroxylation is 1. The average Bonchev–Trinajstić information content (AvgIpc) is 2.64. The molecule has 0 aliphatic heterocycles. The number of benzene rings is 2. The lowest BCUT2D eigenvalue weighted by atomic mass is 10.1. The lowest BCUT2D eigenvalue weighted by molar-refractivity contribution is 0.482. The Morgan fingerprint density at radius 2 is 1.48 bits per heavy atom. The van der Waals surface area contributed by atoms with Gasteiger partial charge in [0.05, 0.1) is 0 Å². The van der Waals surface area contributed by atoms with Crippen LogP contribution in [0.5, 0.6) is 11.5 Å². The summed E-state index contributed by atoms with van der Waals surface area (Å²) in [4.78, 5) is 0. The highest BCUT2D eigenvalue weighted by molar-refractivity contribution is 5.59. The fourth-order valence-corrected chi connectivity index (χ4v) is 2.75. The number of ether oxygens (including phenoxy) is 1. The Morgan fingerprint density at radius 1 is 0.840 bits per heavy atom. The molecule has 0 bridgehead atoms. The van der Waals surface area contributed by atoms with Gasteiger partial charge in [-0.15, -0.1) is 0 Å². The summed E-state index contributed by atoms with van der Waals surface area (Å²) in [5, 5.41) is 0. The number of halogens is 1. The smallest absolute Gasteiger partial charge is 0.127 e. The van der Waals surface area contributed by atoms with Crippen molar-refractivity contribution >= 4 is 5.83 Å². The van der Waals surface area contributed by atoms with Crippen LogP contribution < -0.4 is 4.74 Å². The van der Waals surface area contributed by atoms with Gasteiger partial charge in [0.1, 0.15) is 17.3 Å².